The lowest BCUT2D eigenvalue weighted by molar-refractivity contribution is -0.115. The first-order valence-electron chi connectivity index (χ1n) is 19.9. The summed E-state index contributed by atoms with van der Waals surface area (Å²) in [5, 5.41) is 6.66. The van der Waals surface area contributed by atoms with Gasteiger partial charge in [-0.1, -0.05) is 34.3 Å². The second kappa shape index (κ2) is 16.3. The lowest BCUT2D eigenvalue weighted by Crippen LogP contribution is -2.42. The zero-order valence-corrected chi connectivity index (χ0v) is 36.2. The van der Waals surface area contributed by atoms with Gasteiger partial charge >= 0.3 is 0 Å². The standard InChI is InChI=1S/C23H27N5O4S.C18H19ClN4O2S/c1-12-20(33-23(24-12)25-14(3)29)17-10-16-11-28(13(2)15-4-5-15)21(30)18(16)19(26-17)22(31)27-6-8-32-9-7-27;1-8-15(26-18(20-8)21-10(3)24)13-6-12-7-23(9(2)11-4-5-11)17(25)14(12)16(19)22-13/h10,13,15H,4-9,11H2,1-3H3,(H,24,25,29);6,9,11H,4-5,7H2,1-3H3,(H,20,21,24)/t13-;9-/m00/s1. The van der Waals surface area contributed by atoms with Crippen LogP contribution in [0.15, 0.2) is 12.1 Å². The monoisotopic (exact) mass is 859 g/mol. The minimum Gasteiger partial charge on any atom is -0.378 e. The Balaban J connectivity index is 0.000000169. The predicted molar refractivity (Wildman–Crippen MR) is 225 cm³/mol. The Morgan fingerprint density at radius 3 is 1.68 bits per heavy atom. The number of nitrogens with one attached hydrogen (secondary N) is 2. The van der Waals surface area contributed by atoms with Crippen molar-refractivity contribution in [2.24, 2.45) is 11.8 Å². The zero-order valence-electron chi connectivity index (χ0n) is 33.8. The lowest BCUT2D eigenvalue weighted by atomic mass is 10.1. The van der Waals surface area contributed by atoms with E-state index in [1.54, 1.807) is 4.90 Å². The van der Waals surface area contributed by atoms with Gasteiger partial charge in [0.1, 0.15) is 10.8 Å². The molecule has 2 aliphatic carbocycles. The number of pyridine rings is 2. The summed E-state index contributed by atoms with van der Waals surface area (Å²) in [5.41, 5.74) is 5.66. The van der Waals surface area contributed by atoms with Crippen molar-refractivity contribution in [3.8, 4) is 21.1 Å². The molecule has 310 valence electrons. The van der Waals surface area contributed by atoms with E-state index in [0.29, 0.717) is 89.7 Å². The maximum absolute atomic E-state index is 13.5. The highest BCUT2D eigenvalue weighted by Crippen LogP contribution is 2.43. The van der Waals surface area contributed by atoms with Gasteiger partial charge in [0.15, 0.2) is 10.3 Å². The van der Waals surface area contributed by atoms with Crippen molar-refractivity contribution in [1.29, 1.82) is 0 Å². The largest absolute Gasteiger partial charge is 0.378 e. The van der Waals surface area contributed by atoms with Gasteiger partial charge in [-0.15, -0.1) is 0 Å². The Hall–Kier alpha value is -4.84. The highest BCUT2D eigenvalue weighted by atomic mass is 35.5. The highest BCUT2D eigenvalue weighted by molar-refractivity contribution is 7.19. The van der Waals surface area contributed by atoms with E-state index in [0.717, 1.165) is 39.4 Å². The molecule has 59 heavy (non-hydrogen) atoms. The van der Waals surface area contributed by atoms with Crippen LogP contribution in [0.25, 0.3) is 21.1 Å². The van der Waals surface area contributed by atoms with Crippen LogP contribution in [0.5, 0.6) is 0 Å². The number of morpholine rings is 1. The number of hydrogen-bond acceptors (Lipinski definition) is 12. The fraction of sp³-hybridized carbons (Fsp3) is 0.488. The number of ether oxygens (including phenoxy) is 1. The first-order chi connectivity index (χ1) is 28.2. The van der Waals surface area contributed by atoms with Gasteiger partial charge < -0.3 is 30.1 Å². The van der Waals surface area contributed by atoms with Crippen LogP contribution in [0.1, 0.15) is 107 Å². The number of fused-ring (bicyclic) bond motifs is 2. The van der Waals surface area contributed by atoms with Crippen molar-refractivity contribution in [1.82, 2.24) is 34.6 Å². The fourth-order valence-electron chi connectivity index (χ4n) is 7.98. The molecule has 0 aromatic carbocycles. The molecule has 9 rings (SSSR count). The molecule has 4 aromatic heterocycles. The maximum atomic E-state index is 13.5. The number of thiazole rings is 2. The average molecular weight is 860 g/mol. The van der Waals surface area contributed by atoms with E-state index in [2.05, 4.69) is 39.4 Å². The molecule has 0 unspecified atom stereocenters. The third-order valence-corrected chi connectivity index (χ3v) is 14.0. The number of carbonyl (C=O) groups excluding carboxylic acids is 5. The van der Waals surface area contributed by atoms with Crippen LogP contribution >= 0.6 is 34.3 Å². The van der Waals surface area contributed by atoms with Gasteiger partial charge in [-0.3, -0.25) is 24.0 Å². The van der Waals surface area contributed by atoms with Crippen molar-refractivity contribution in [2.75, 3.05) is 36.9 Å². The van der Waals surface area contributed by atoms with E-state index in [9.17, 15) is 24.0 Å². The summed E-state index contributed by atoms with van der Waals surface area (Å²) in [6, 6.07) is 4.19. The second-order valence-electron chi connectivity index (χ2n) is 15.9. The molecule has 3 aliphatic heterocycles. The lowest BCUT2D eigenvalue weighted by Gasteiger charge is -2.27. The van der Waals surface area contributed by atoms with E-state index in [4.69, 9.17) is 21.3 Å². The molecule has 5 amide bonds. The van der Waals surface area contributed by atoms with Crippen LogP contribution in [0.2, 0.25) is 5.15 Å². The molecule has 0 spiro atoms. The fourth-order valence-corrected chi connectivity index (χ4v) is 10.2. The Bertz CT molecular complexity index is 2390. The van der Waals surface area contributed by atoms with E-state index in [1.165, 1.54) is 49.4 Å². The van der Waals surface area contributed by atoms with Crippen molar-refractivity contribution >= 4 is 74.1 Å². The number of rotatable bonds is 9. The molecule has 0 radical (unpaired) electrons. The molecular weight excluding hydrogens is 814 g/mol. The van der Waals surface area contributed by atoms with Crippen LogP contribution in [0.3, 0.4) is 0 Å². The van der Waals surface area contributed by atoms with Crippen molar-refractivity contribution < 1.29 is 28.7 Å². The summed E-state index contributed by atoms with van der Waals surface area (Å²) >= 11 is 9.06. The summed E-state index contributed by atoms with van der Waals surface area (Å²) in [6.45, 7) is 13.7. The summed E-state index contributed by atoms with van der Waals surface area (Å²) in [4.78, 5) is 87.6. The smallest absolute Gasteiger partial charge is 0.273 e. The van der Waals surface area contributed by atoms with Crippen LogP contribution in [-0.2, 0) is 27.4 Å². The van der Waals surface area contributed by atoms with Crippen LogP contribution in [-0.4, -0.2) is 103 Å². The summed E-state index contributed by atoms with van der Waals surface area (Å²) in [6.07, 6.45) is 4.64. The predicted octanol–water partition coefficient (Wildman–Crippen LogP) is 6.58. The molecule has 15 nitrogen and oxygen atoms in total. The average Bonchev–Trinajstić information content (AvgIpc) is 4.10. The molecule has 5 aliphatic rings. The van der Waals surface area contributed by atoms with E-state index in [-0.39, 0.29) is 52.5 Å². The molecule has 7 heterocycles. The summed E-state index contributed by atoms with van der Waals surface area (Å²) in [5.74, 6) is 0.385. The number of nitrogens with zero attached hydrogens (tertiary/aromatic N) is 7. The number of amides is 5. The first kappa shape index (κ1) is 40.9. The number of halogens is 1. The SMILES string of the molecule is CC(=O)Nc1nc(C)c(-c2cc3c(c(C(=O)N4CCOCC4)n2)C(=O)N([C@@H](C)C2CC2)C3)s1.CC(=O)Nc1nc(C)c(-c2cc3c(c(Cl)n2)C(=O)N([C@@H](C)C2CC2)C3)s1. The van der Waals surface area contributed by atoms with E-state index >= 15 is 0 Å². The molecule has 2 atom stereocenters. The van der Waals surface area contributed by atoms with Crippen LogP contribution < -0.4 is 10.6 Å². The minimum absolute atomic E-state index is 0.0246. The van der Waals surface area contributed by atoms with Gasteiger partial charge in [0, 0.05) is 52.1 Å². The first-order valence-corrected chi connectivity index (χ1v) is 21.9. The Morgan fingerprint density at radius 1 is 0.746 bits per heavy atom. The molecule has 2 saturated carbocycles. The van der Waals surface area contributed by atoms with Crippen LogP contribution in [0, 0.1) is 25.7 Å². The molecule has 18 heteroatoms. The number of carbonyl (C=O) groups is 5. The Morgan fingerprint density at radius 2 is 1.20 bits per heavy atom. The van der Waals surface area contributed by atoms with Crippen LogP contribution in [0.4, 0.5) is 10.3 Å². The molecule has 1 saturated heterocycles. The van der Waals surface area contributed by atoms with Gasteiger partial charge in [-0.2, -0.15) is 0 Å². The minimum atomic E-state index is -0.241. The molecule has 0 bridgehead atoms. The van der Waals surface area contributed by atoms with Crippen molar-refractivity contribution in [2.45, 2.75) is 92.4 Å². The number of aromatic nitrogens is 4. The zero-order chi connectivity index (χ0) is 41.9. The Kier molecular flexibility index (Phi) is 11.3. The number of anilines is 2. The summed E-state index contributed by atoms with van der Waals surface area (Å²) < 4.78 is 5.39. The Labute approximate surface area is 354 Å². The quantitative estimate of drug-likeness (QED) is 0.175. The van der Waals surface area contributed by atoms with E-state index < -0.39 is 0 Å². The third-order valence-electron chi connectivity index (χ3n) is 11.5. The van der Waals surface area contributed by atoms with Gasteiger partial charge in [0.25, 0.3) is 17.7 Å². The summed E-state index contributed by atoms with van der Waals surface area (Å²) in [7, 11) is 0. The van der Waals surface area contributed by atoms with Crippen molar-refractivity contribution in [3.63, 3.8) is 0 Å². The number of hydrogen-bond donors (Lipinski definition) is 2. The molecule has 4 aromatic rings. The molecular formula is C41H46ClN9O6S2. The second-order valence-corrected chi connectivity index (χ2v) is 18.2. The topological polar surface area (TPSA) is 180 Å². The maximum Gasteiger partial charge on any atom is 0.273 e. The van der Waals surface area contributed by atoms with Gasteiger partial charge in [-0.25, -0.2) is 19.9 Å². The normalized spacial score (nSPS) is 18.3. The molecule has 3 fully saturated rings. The molecule has 2 N–H and O–H groups in total. The van der Waals surface area contributed by atoms with Gasteiger partial charge in [0.05, 0.1) is 56.9 Å². The van der Waals surface area contributed by atoms with Gasteiger partial charge in [0.2, 0.25) is 11.8 Å². The van der Waals surface area contributed by atoms with Crippen molar-refractivity contribution in [3.05, 3.63) is 56.6 Å². The third kappa shape index (κ3) is 8.34. The van der Waals surface area contributed by atoms with E-state index in [1.807, 2.05) is 35.8 Å². The van der Waals surface area contributed by atoms with Gasteiger partial charge in [-0.05, 0) is 88.5 Å². The highest BCUT2D eigenvalue weighted by Gasteiger charge is 2.43. The number of aryl methyl sites for hydroxylation is 2.